The van der Waals surface area contributed by atoms with E-state index in [4.69, 9.17) is 0 Å². The third-order valence-corrected chi connectivity index (χ3v) is 2.17. The summed E-state index contributed by atoms with van der Waals surface area (Å²) >= 11 is 0. The van der Waals surface area contributed by atoms with Crippen molar-refractivity contribution in [3.8, 4) is 0 Å². The molecule has 0 bridgehead atoms. The molecule has 0 N–H and O–H groups in total. The Morgan fingerprint density at radius 3 is 2.85 bits per heavy atom. The van der Waals surface area contributed by atoms with E-state index in [1.165, 1.54) is 6.08 Å². The van der Waals surface area contributed by atoms with Crippen molar-refractivity contribution in [3.05, 3.63) is 47.1 Å². The van der Waals surface area contributed by atoms with Crippen LogP contribution in [0.15, 0.2) is 47.1 Å². The van der Waals surface area contributed by atoms with Gasteiger partial charge in [0.2, 0.25) is 0 Å². The van der Waals surface area contributed by atoms with Gasteiger partial charge in [0.1, 0.15) is 6.29 Å². The Hall–Kier alpha value is -1.70. The maximum Gasteiger partial charge on any atom is 0.186 e. The van der Waals surface area contributed by atoms with Crippen molar-refractivity contribution in [2.45, 2.75) is 6.42 Å². The van der Waals surface area contributed by atoms with Crippen LogP contribution in [0, 0.1) is 0 Å². The van der Waals surface area contributed by atoms with Crippen LogP contribution in [0.1, 0.15) is 6.42 Å². The molecule has 64 valence electrons. The van der Waals surface area contributed by atoms with Gasteiger partial charge in [-0.3, -0.25) is 9.59 Å². The molecule has 2 rings (SSSR count). The molecule has 0 saturated heterocycles. The summed E-state index contributed by atoms with van der Waals surface area (Å²) in [6.45, 7) is 0. The smallest absolute Gasteiger partial charge is 0.186 e. The summed E-state index contributed by atoms with van der Waals surface area (Å²) in [6, 6.07) is 0. The fourth-order valence-electron chi connectivity index (χ4n) is 1.48. The number of carbonyl (C=O) groups excluding carboxylic acids is 2. The van der Waals surface area contributed by atoms with Crippen molar-refractivity contribution >= 4 is 12.1 Å². The Morgan fingerprint density at radius 2 is 2.08 bits per heavy atom. The van der Waals surface area contributed by atoms with Crippen molar-refractivity contribution in [1.82, 2.24) is 0 Å². The monoisotopic (exact) mass is 172 g/mol. The molecule has 0 fully saturated rings. The Kier molecular flexibility index (Phi) is 1.81. The number of ketones is 1. The van der Waals surface area contributed by atoms with E-state index in [-0.39, 0.29) is 5.78 Å². The number of fused-ring (bicyclic) bond motifs is 1. The lowest BCUT2D eigenvalue weighted by atomic mass is 9.88. The first-order chi connectivity index (χ1) is 6.31. The Labute approximate surface area is 75.9 Å². The minimum absolute atomic E-state index is 0.0266. The average molecular weight is 172 g/mol. The molecule has 0 saturated carbocycles. The zero-order chi connectivity index (χ0) is 9.26. The molecule has 0 atom stereocenters. The van der Waals surface area contributed by atoms with Crippen LogP contribution in [-0.4, -0.2) is 12.1 Å². The highest BCUT2D eigenvalue weighted by Gasteiger charge is 2.18. The topological polar surface area (TPSA) is 34.1 Å². The van der Waals surface area contributed by atoms with E-state index < -0.39 is 0 Å². The van der Waals surface area contributed by atoms with Gasteiger partial charge in [-0.1, -0.05) is 24.3 Å². The summed E-state index contributed by atoms with van der Waals surface area (Å²) < 4.78 is 0. The zero-order valence-electron chi connectivity index (χ0n) is 6.99. The lowest BCUT2D eigenvalue weighted by Crippen LogP contribution is -2.09. The summed E-state index contributed by atoms with van der Waals surface area (Å²) in [5, 5.41) is 0. The number of rotatable bonds is 1. The van der Waals surface area contributed by atoms with Crippen molar-refractivity contribution in [3.63, 3.8) is 0 Å². The second kappa shape index (κ2) is 2.98. The molecule has 0 aromatic rings. The van der Waals surface area contributed by atoms with Crippen LogP contribution in [0.5, 0.6) is 0 Å². The van der Waals surface area contributed by atoms with Crippen molar-refractivity contribution in [1.29, 1.82) is 0 Å². The molecule has 0 aromatic heterocycles. The van der Waals surface area contributed by atoms with Crippen LogP contribution >= 0.6 is 0 Å². The van der Waals surface area contributed by atoms with Crippen LogP contribution in [-0.2, 0) is 9.59 Å². The second-order valence-electron chi connectivity index (χ2n) is 3.03. The molecule has 2 nitrogen and oxygen atoms in total. The predicted octanol–water partition coefficient (Wildman–Crippen LogP) is 1.51. The average Bonchev–Trinajstić information content (AvgIpc) is 2.18. The number of carbonyl (C=O) groups is 2. The van der Waals surface area contributed by atoms with Gasteiger partial charge in [-0.15, -0.1) is 0 Å². The van der Waals surface area contributed by atoms with Crippen molar-refractivity contribution < 1.29 is 9.59 Å². The zero-order valence-corrected chi connectivity index (χ0v) is 6.99. The molecule has 0 spiro atoms. The molecule has 2 aliphatic rings. The van der Waals surface area contributed by atoms with E-state index in [9.17, 15) is 9.59 Å². The van der Waals surface area contributed by atoms with Gasteiger partial charge in [0, 0.05) is 12.0 Å². The number of aldehydes is 1. The van der Waals surface area contributed by atoms with Gasteiger partial charge < -0.3 is 0 Å². The highest BCUT2D eigenvalue weighted by molar-refractivity contribution is 6.09. The van der Waals surface area contributed by atoms with Crippen molar-refractivity contribution in [2.24, 2.45) is 0 Å². The molecule has 0 aromatic carbocycles. The van der Waals surface area contributed by atoms with Crippen LogP contribution < -0.4 is 0 Å². The Morgan fingerprint density at radius 1 is 1.23 bits per heavy atom. The number of hydrogen-bond acceptors (Lipinski definition) is 2. The molecule has 0 unspecified atom stereocenters. The first-order valence-corrected chi connectivity index (χ1v) is 4.09. The van der Waals surface area contributed by atoms with Gasteiger partial charge in [-0.25, -0.2) is 0 Å². The minimum Gasteiger partial charge on any atom is -0.298 e. The van der Waals surface area contributed by atoms with E-state index in [1.807, 2.05) is 6.08 Å². The summed E-state index contributed by atoms with van der Waals surface area (Å²) in [5.41, 5.74) is 2.38. The standard InChI is InChI=1S/C11H8O2/c12-7-8-4-5-10-9(6-8)2-1-3-11(10)13/h1-5,7H,6H2. The Balaban J connectivity index is 2.43. The molecule has 2 heteroatoms. The first-order valence-electron chi connectivity index (χ1n) is 4.09. The van der Waals surface area contributed by atoms with Gasteiger partial charge in [0.15, 0.2) is 5.78 Å². The quantitative estimate of drug-likeness (QED) is 0.562. The molecule has 0 heterocycles. The number of allylic oxidation sites excluding steroid dienone is 8. The third-order valence-electron chi connectivity index (χ3n) is 2.17. The van der Waals surface area contributed by atoms with Crippen LogP contribution in [0.3, 0.4) is 0 Å². The summed E-state index contributed by atoms with van der Waals surface area (Å²) in [4.78, 5) is 21.8. The highest BCUT2D eigenvalue weighted by Crippen LogP contribution is 2.26. The van der Waals surface area contributed by atoms with E-state index in [2.05, 4.69) is 0 Å². The predicted molar refractivity (Wildman–Crippen MR) is 49.1 cm³/mol. The third kappa shape index (κ3) is 1.31. The number of hydrogen-bond donors (Lipinski definition) is 0. The largest absolute Gasteiger partial charge is 0.298 e. The van der Waals surface area contributed by atoms with Gasteiger partial charge in [-0.2, -0.15) is 0 Å². The van der Waals surface area contributed by atoms with Crippen molar-refractivity contribution in [2.75, 3.05) is 0 Å². The SMILES string of the molecule is O=CC1=CC=C2C(=O)C=CC=C2C1. The lowest BCUT2D eigenvalue weighted by Gasteiger charge is -2.15. The first kappa shape index (κ1) is 7.92. The normalized spacial score (nSPS) is 20.0. The van der Waals surface area contributed by atoms with Crippen LogP contribution in [0.4, 0.5) is 0 Å². The summed E-state index contributed by atoms with van der Waals surface area (Å²) in [5.74, 6) is 0.0266. The molecular formula is C11H8O2. The van der Waals surface area contributed by atoms with E-state index in [0.717, 1.165) is 17.4 Å². The molecular weight excluding hydrogens is 164 g/mol. The molecule has 0 amide bonds. The Bertz CT molecular complexity index is 392. The molecule has 13 heavy (non-hydrogen) atoms. The maximum atomic E-state index is 11.3. The van der Waals surface area contributed by atoms with E-state index in [0.29, 0.717) is 12.0 Å². The van der Waals surface area contributed by atoms with Crippen LogP contribution in [0.2, 0.25) is 0 Å². The molecule has 0 aliphatic heterocycles. The molecule has 2 aliphatic carbocycles. The molecule has 0 radical (unpaired) electrons. The van der Waals surface area contributed by atoms with E-state index in [1.54, 1.807) is 18.2 Å². The maximum absolute atomic E-state index is 11.3. The fraction of sp³-hybridized carbons (Fsp3) is 0.0909. The summed E-state index contributed by atoms with van der Waals surface area (Å²) in [6.07, 6.45) is 9.96. The van der Waals surface area contributed by atoms with Gasteiger partial charge in [0.05, 0.1) is 0 Å². The summed E-state index contributed by atoms with van der Waals surface area (Å²) in [7, 11) is 0. The van der Waals surface area contributed by atoms with Gasteiger partial charge >= 0.3 is 0 Å². The fourth-order valence-corrected chi connectivity index (χ4v) is 1.48. The second-order valence-corrected chi connectivity index (χ2v) is 3.03. The highest BCUT2D eigenvalue weighted by atomic mass is 16.1. The van der Waals surface area contributed by atoms with Gasteiger partial charge in [-0.05, 0) is 17.2 Å². The van der Waals surface area contributed by atoms with Crippen LogP contribution in [0.25, 0.3) is 0 Å². The minimum atomic E-state index is 0.0266. The van der Waals surface area contributed by atoms with E-state index >= 15 is 0 Å². The van der Waals surface area contributed by atoms with Gasteiger partial charge in [0.25, 0.3) is 0 Å². The lowest BCUT2D eigenvalue weighted by molar-refractivity contribution is -0.111.